The number of hydrogen-bond donors (Lipinski definition) is 1. The molecule has 2 heterocycles. The van der Waals surface area contributed by atoms with Gasteiger partial charge in [0.15, 0.2) is 0 Å². The van der Waals surface area contributed by atoms with Gasteiger partial charge in [-0.25, -0.2) is 4.98 Å². The van der Waals surface area contributed by atoms with Gasteiger partial charge in [-0.05, 0) is 47.5 Å². The van der Waals surface area contributed by atoms with E-state index < -0.39 is 0 Å². The van der Waals surface area contributed by atoms with Crippen molar-refractivity contribution in [1.82, 2.24) is 9.55 Å². The number of nitrogens with zero attached hydrogens (tertiary/aromatic N) is 2. The van der Waals surface area contributed by atoms with Crippen LogP contribution in [0.15, 0.2) is 47.5 Å². The molecule has 4 heteroatoms. The van der Waals surface area contributed by atoms with Crippen LogP contribution in [0.5, 0.6) is 0 Å². The summed E-state index contributed by atoms with van der Waals surface area (Å²) in [4.78, 5) is 4.36. The molecule has 1 aliphatic carbocycles. The van der Waals surface area contributed by atoms with Gasteiger partial charge in [-0.15, -0.1) is 0 Å². The fourth-order valence-electron chi connectivity index (χ4n) is 3.09. The quantitative estimate of drug-likeness (QED) is 0.727. The van der Waals surface area contributed by atoms with Gasteiger partial charge < -0.3 is 10.3 Å². The second-order valence-corrected chi connectivity index (χ2v) is 5.99. The topological polar surface area (TPSA) is 43.8 Å². The summed E-state index contributed by atoms with van der Waals surface area (Å²) >= 11 is 1.72. The number of aryl methyl sites for hydroxylation is 1. The zero-order valence-corrected chi connectivity index (χ0v) is 11.8. The zero-order chi connectivity index (χ0) is 13.5. The number of benzene rings is 1. The molecule has 3 aromatic rings. The molecule has 0 radical (unpaired) electrons. The summed E-state index contributed by atoms with van der Waals surface area (Å²) in [5.41, 5.74) is 11.9. The number of nitrogens with two attached hydrogens (primary N) is 1. The van der Waals surface area contributed by atoms with Crippen LogP contribution in [0.2, 0.25) is 0 Å². The van der Waals surface area contributed by atoms with E-state index >= 15 is 0 Å². The Bertz CT molecular complexity index is 743. The normalized spacial score (nSPS) is 17.3. The summed E-state index contributed by atoms with van der Waals surface area (Å²) < 4.78 is 2.30. The van der Waals surface area contributed by atoms with Crippen LogP contribution >= 0.6 is 11.3 Å². The average Bonchev–Trinajstić information content (AvgIpc) is 3.17. The number of hydrogen-bond acceptors (Lipinski definition) is 3. The van der Waals surface area contributed by atoms with Crippen molar-refractivity contribution >= 4 is 17.0 Å². The van der Waals surface area contributed by atoms with Crippen molar-refractivity contribution < 1.29 is 0 Å². The second kappa shape index (κ2) is 4.49. The molecule has 4 rings (SSSR count). The van der Waals surface area contributed by atoms with Crippen LogP contribution < -0.4 is 5.73 Å². The van der Waals surface area contributed by atoms with Crippen molar-refractivity contribution in [3.05, 3.63) is 58.7 Å². The molecule has 0 aliphatic heterocycles. The molecule has 1 unspecified atom stereocenters. The highest BCUT2D eigenvalue weighted by atomic mass is 32.1. The number of rotatable bonds is 2. The molecule has 100 valence electrons. The summed E-state index contributed by atoms with van der Waals surface area (Å²) in [7, 11) is 0. The number of aromatic nitrogens is 2. The van der Waals surface area contributed by atoms with Crippen molar-refractivity contribution in [2.24, 2.45) is 0 Å². The van der Waals surface area contributed by atoms with E-state index in [2.05, 4.69) is 38.5 Å². The first kappa shape index (κ1) is 11.7. The lowest BCUT2D eigenvalue weighted by Gasteiger charge is -2.16. The molecule has 0 amide bonds. The zero-order valence-electron chi connectivity index (χ0n) is 11.0. The van der Waals surface area contributed by atoms with Crippen molar-refractivity contribution in [2.75, 3.05) is 5.73 Å². The Balaban J connectivity index is 1.80. The van der Waals surface area contributed by atoms with E-state index in [0.717, 1.165) is 18.5 Å². The van der Waals surface area contributed by atoms with Gasteiger partial charge in [-0.2, -0.15) is 11.3 Å². The van der Waals surface area contributed by atoms with Gasteiger partial charge in [0.2, 0.25) is 0 Å². The molecule has 0 saturated heterocycles. The van der Waals surface area contributed by atoms with Crippen molar-refractivity contribution in [3.8, 4) is 11.3 Å². The monoisotopic (exact) mass is 281 g/mol. The number of imidazole rings is 1. The molecule has 2 N–H and O–H groups in total. The summed E-state index contributed by atoms with van der Waals surface area (Å²) in [5.74, 6) is 0. The first-order valence-corrected chi connectivity index (χ1v) is 7.70. The van der Waals surface area contributed by atoms with Crippen LogP contribution in [-0.4, -0.2) is 9.55 Å². The standard InChI is InChI=1S/C16H15N3S/c17-13-2-3-14-11(7-13)1-4-15(14)19-10-18-8-16(19)12-5-6-20-9-12/h2-3,5-10,15H,1,4,17H2. The maximum atomic E-state index is 5.88. The van der Waals surface area contributed by atoms with Crippen LogP contribution in [0.25, 0.3) is 11.3 Å². The smallest absolute Gasteiger partial charge is 0.0956 e. The van der Waals surface area contributed by atoms with Crippen LogP contribution in [-0.2, 0) is 6.42 Å². The largest absolute Gasteiger partial charge is 0.399 e. The molecule has 1 atom stereocenters. The van der Waals surface area contributed by atoms with Gasteiger partial charge in [-0.3, -0.25) is 0 Å². The Morgan fingerprint density at radius 2 is 2.25 bits per heavy atom. The lowest BCUT2D eigenvalue weighted by molar-refractivity contribution is 0.584. The average molecular weight is 281 g/mol. The molecule has 0 bridgehead atoms. The van der Waals surface area contributed by atoms with E-state index in [9.17, 15) is 0 Å². The van der Waals surface area contributed by atoms with Crippen LogP contribution in [0.3, 0.4) is 0 Å². The van der Waals surface area contributed by atoms with Crippen LogP contribution in [0, 0.1) is 0 Å². The molecule has 1 aromatic carbocycles. The molecule has 20 heavy (non-hydrogen) atoms. The fourth-order valence-corrected chi connectivity index (χ4v) is 3.74. The summed E-state index contributed by atoms with van der Waals surface area (Å²) in [6.07, 6.45) is 6.11. The van der Waals surface area contributed by atoms with Gasteiger partial charge in [0.05, 0.1) is 24.3 Å². The molecular weight excluding hydrogens is 266 g/mol. The van der Waals surface area contributed by atoms with Gasteiger partial charge in [0.1, 0.15) is 0 Å². The summed E-state index contributed by atoms with van der Waals surface area (Å²) in [6, 6.07) is 8.80. The highest BCUT2D eigenvalue weighted by Gasteiger charge is 2.25. The number of thiophene rings is 1. The van der Waals surface area contributed by atoms with Crippen molar-refractivity contribution in [1.29, 1.82) is 0 Å². The van der Waals surface area contributed by atoms with Gasteiger partial charge in [-0.1, -0.05) is 6.07 Å². The second-order valence-electron chi connectivity index (χ2n) is 5.21. The molecule has 3 nitrogen and oxygen atoms in total. The first-order valence-electron chi connectivity index (χ1n) is 6.75. The minimum atomic E-state index is 0.378. The van der Waals surface area contributed by atoms with Crippen molar-refractivity contribution in [2.45, 2.75) is 18.9 Å². The Morgan fingerprint density at radius 1 is 1.30 bits per heavy atom. The molecular formula is C16H15N3S. The van der Waals surface area contributed by atoms with E-state index in [1.807, 2.05) is 18.6 Å². The third-order valence-electron chi connectivity index (χ3n) is 4.03. The van der Waals surface area contributed by atoms with Crippen LogP contribution in [0.1, 0.15) is 23.6 Å². The Labute approximate surface area is 121 Å². The number of fused-ring (bicyclic) bond motifs is 1. The highest BCUT2D eigenvalue weighted by Crippen LogP contribution is 2.38. The highest BCUT2D eigenvalue weighted by molar-refractivity contribution is 7.08. The molecule has 0 fully saturated rings. The van der Waals surface area contributed by atoms with Crippen molar-refractivity contribution in [3.63, 3.8) is 0 Å². The number of anilines is 1. The molecule has 1 aliphatic rings. The maximum Gasteiger partial charge on any atom is 0.0956 e. The fraction of sp³-hybridized carbons (Fsp3) is 0.188. The minimum Gasteiger partial charge on any atom is -0.399 e. The van der Waals surface area contributed by atoms with Crippen LogP contribution in [0.4, 0.5) is 5.69 Å². The van der Waals surface area contributed by atoms with Gasteiger partial charge in [0.25, 0.3) is 0 Å². The predicted molar refractivity (Wildman–Crippen MR) is 82.9 cm³/mol. The lowest BCUT2D eigenvalue weighted by Crippen LogP contribution is -2.07. The molecule has 2 aromatic heterocycles. The lowest BCUT2D eigenvalue weighted by atomic mass is 10.1. The van der Waals surface area contributed by atoms with E-state index in [4.69, 9.17) is 5.73 Å². The van der Waals surface area contributed by atoms with Gasteiger partial charge in [0, 0.05) is 16.6 Å². The molecule has 0 saturated carbocycles. The third kappa shape index (κ3) is 1.76. The third-order valence-corrected chi connectivity index (χ3v) is 4.72. The van der Waals surface area contributed by atoms with E-state index in [0.29, 0.717) is 6.04 Å². The predicted octanol–water partition coefficient (Wildman–Crippen LogP) is 3.73. The summed E-state index contributed by atoms with van der Waals surface area (Å²) in [5, 5.41) is 4.28. The summed E-state index contributed by atoms with van der Waals surface area (Å²) in [6.45, 7) is 0. The maximum absolute atomic E-state index is 5.88. The van der Waals surface area contributed by atoms with Gasteiger partial charge >= 0.3 is 0 Å². The first-order chi connectivity index (χ1) is 9.83. The van der Waals surface area contributed by atoms with E-state index in [1.165, 1.54) is 22.4 Å². The molecule has 0 spiro atoms. The van der Waals surface area contributed by atoms with E-state index in [-0.39, 0.29) is 0 Å². The Morgan fingerprint density at radius 3 is 3.10 bits per heavy atom. The Kier molecular flexibility index (Phi) is 2.63. The Hall–Kier alpha value is -2.07. The van der Waals surface area contributed by atoms with E-state index in [1.54, 1.807) is 11.3 Å². The SMILES string of the molecule is Nc1ccc2c(c1)CCC2n1cncc1-c1ccsc1. The minimum absolute atomic E-state index is 0.378. The number of nitrogen functional groups attached to an aromatic ring is 1.